The van der Waals surface area contributed by atoms with Crippen molar-refractivity contribution >= 4 is 17.3 Å². The fourth-order valence-electron chi connectivity index (χ4n) is 1.93. The van der Waals surface area contributed by atoms with Crippen LogP contribution in [0.15, 0.2) is 42.5 Å². The van der Waals surface area contributed by atoms with Crippen LogP contribution >= 0.6 is 11.6 Å². The highest BCUT2D eigenvalue weighted by molar-refractivity contribution is 6.30. The molecule has 0 aliphatic rings. The number of nitrogens with two attached hydrogens (primary N) is 1. The lowest BCUT2D eigenvalue weighted by atomic mass is 10.1. The van der Waals surface area contributed by atoms with Gasteiger partial charge in [-0.05, 0) is 30.7 Å². The van der Waals surface area contributed by atoms with Gasteiger partial charge in [-0.1, -0.05) is 23.7 Å². The molecule has 1 atom stereocenters. The number of halogens is 1. The van der Waals surface area contributed by atoms with Crippen molar-refractivity contribution in [1.29, 1.82) is 0 Å². The number of nitrogens with zero attached hydrogens (tertiary/aromatic N) is 1. The average Bonchev–Trinajstić information content (AvgIpc) is 2.46. The van der Waals surface area contributed by atoms with Crippen LogP contribution in [-0.4, -0.2) is 4.92 Å². The van der Waals surface area contributed by atoms with E-state index in [1.54, 1.807) is 30.3 Å². The predicted octanol–water partition coefficient (Wildman–Crippen LogP) is 3.85. The molecule has 2 rings (SSSR count). The molecule has 0 unspecified atom stereocenters. The van der Waals surface area contributed by atoms with Gasteiger partial charge >= 0.3 is 0 Å². The Balaban J connectivity index is 2.16. The predicted molar refractivity (Wildman–Crippen MR) is 81.5 cm³/mol. The molecule has 0 heterocycles. The molecule has 2 aromatic rings. The van der Waals surface area contributed by atoms with Crippen molar-refractivity contribution in [3.05, 3.63) is 68.7 Å². The summed E-state index contributed by atoms with van der Waals surface area (Å²) in [6, 6.07) is 11.3. The second kappa shape index (κ2) is 6.56. The van der Waals surface area contributed by atoms with E-state index in [4.69, 9.17) is 22.1 Å². The van der Waals surface area contributed by atoms with Crippen LogP contribution in [-0.2, 0) is 6.61 Å². The highest BCUT2D eigenvalue weighted by atomic mass is 35.5. The highest BCUT2D eigenvalue weighted by Crippen LogP contribution is 2.28. The van der Waals surface area contributed by atoms with Crippen LogP contribution < -0.4 is 10.5 Å². The van der Waals surface area contributed by atoms with Gasteiger partial charge in [-0.15, -0.1) is 0 Å². The average molecular weight is 307 g/mol. The van der Waals surface area contributed by atoms with Gasteiger partial charge in [0.05, 0.1) is 4.92 Å². The number of hydrogen-bond donors (Lipinski definition) is 1. The highest BCUT2D eigenvalue weighted by Gasteiger charge is 2.10. The van der Waals surface area contributed by atoms with Gasteiger partial charge in [0, 0.05) is 28.8 Å². The van der Waals surface area contributed by atoms with Gasteiger partial charge in [-0.2, -0.15) is 0 Å². The first-order valence-corrected chi connectivity index (χ1v) is 6.76. The molecule has 0 radical (unpaired) electrons. The van der Waals surface area contributed by atoms with Gasteiger partial charge in [-0.3, -0.25) is 10.1 Å². The van der Waals surface area contributed by atoms with Gasteiger partial charge in [0.15, 0.2) is 0 Å². The van der Waals surface area contributed by atoms with Gasteiger partial charge in [0.25, 0.3) is 5.69 Å². The number of ether oxygens (including phenoxy) is 1. The van der Waals surface area contributed by atoms with Crippen LogP contribution in [0.1, 0.15) is 24.1 Å². The Morgan fingerprint density at radius 3 is 2.76 bits per heavy atom. The summed E-state index contributed by atoms with van der Waals surface area (Å²) in [5.74, 6) is 0.626. The van der Waals surface area contributed by atoms with Gasteiger partial charge in [0.2, 0.25) is 0 Å². The summed E-state index contributed by atoms with van der Waals surface area (Å²) in [6.07, 6.45) is 0. The van der Waals surface area contributed by atoms with Crippen LogP contribution in [0.2, 0.25) is 5.02 Å². The van der Waals surface area contributed by atoms with Crippen LogP contribution in [0.5, 0.6) is 5.75 Å². The second-order valence-electron chi connectivity index (χ2n) is 4.69. The Labute approximate surface area is 127 Å². The van der Waals surface area contributed by atoms with Crippen LogP contribution in [0.3, 0.4) is 0 Å². The maximum Gasteiger partial charge on any atom is 0.269 e. The van der Waals surface area contributed by atoms with Crippen molar-refractivity contribution in [2.45, 2.75) is 19.6 Å². The molecule has 110 valence electrons. The van der Waals surface area contributed by atoms with Gasteiger partial charge in [-0.25, -0.2) is 0 Å². The first-order chi connectivity index (χ1) is 9.97. The lowest BCUT2D eigenvalue weighted by Gasteiger charge is -2.14. The zero-order valence-electron chi connectivity index (χ0n) is 11.5. The summed E-state index contributed by atoms with van der Waals surface area (Å²) in [5, 5.41) is 11.3. The number of non-ortho nitro benzene ring substituents is 1. The number of hydrogen-bond acceptors (Lipinski definition) is 4. The number of benzene rings is 2. The summed E-state index contributed by atoms with van der Waals surface area (Å²) in [6.45, 7) is 2.06. The lowest BCUT2D eigenvalue weighted by molar-refractivity contribution is -0.384. The Morgan fingerprint density at radius 1 is 1.33 bits per heavy atom. The van der Waals surface area contributed by atoms with Crippen molar-refractivity contribution < 1.29 is 9.66 Å². The SMILES string of the molecule is C[C@H](N)c1cc(Cl)ccc1OCc1cccc([N+](=O)[O-])c1. The largest absolute Gasteiger partial charge is 0.489 e. The molecule has 0 fully saturated rings. The van der Waals surface area contributed by atoms with E-state index < -0.39 is 4.92 Å². The quantitative estimate of drug-likeness (QED) is 0.672. The minimum atomic E-state index is -0.431. The molecule has 0 aliphatic heterocycles. The van der Waals surface area contributed by atoms with Crippen LogP contribution in [0.25, 0.3) is 0 Å². The Kier molecular flexibility index (Phi) is 4.77. The molecule has 0 bridgehead atoms. The fourth-order valence-corrected chi connectivity index (χ4v) is 2.11. The fraction of sp³-hybridized carbons (Fsp3) is 0.200. The summed E-state index contributed by atoms with van der Waals surface area (Å²) in [5.41, 5.74) is 7.45. The number of nitro benzene ring substituents is 1. The van der Waals surface area contributed by atoms with E-state index in [1.165, 1.54) is 12.1 Å². The van der Waals surface area contributed by atoms with Crippen molar-refractivity contribution in [2.24, 2.45) is 5.73 Å². The van der Waals surface area contributed by atoms with Crippen molar-refractivity contribution in [3.8, 4) is 5.75 Å². The number of rotatable bonds is 5. The molecular formula is C15H15ClN2O3. The van der Waals surface area contributed by atoms with Gasteiger partial charge in [0.1, 0.15) is 12.4 Å². The first kappa shape index (κ1) is 15.3. The van der Waals surface area contributed by atoms with E-state index in [9.17, 15) is 10.1 Å². The van der Waals surface area contributed by atoms with Crippen molar-refractivity contribution in [1.82, 2.24) is 0 Å². The van der Waals surface area contributed by atoms with Gasteiger partial charge < -0.3 is 10.5 Å². The molecule has 0 aliphatic carbocycles. The summed E-state index contributed by atoms with van der Waals surface area (Å²) < 4.78 is 5.71. The molecule has 0 saturated heterocycles. The molecule has 2 aromatic carbocycles. The van der Waals surface area contributed by atoms with E-state index in [1.807, 2.05) is 6.92 Å². The Bertz CT molecular complexity index is 659. The van der Waals surface area contributed by atoms with Crippen molar-refractivity contribution in [3.63, 3.8) is 0 Å². The number of nitro groups is 1. The third kappa shape index (κ3) is 3.93. The smallest absolute Gasteiger partial charge is 0.269 e. The molecule has 6 heteroatoms. The van der Waals surface area contributed by atoms with Crippen molar-refractivity contribution in [2.75, 3.05) is 0 Å². The van der Waals surface area contributed by atoms with E-state index >= 15 is 0 Å². The molecule has 0 amide bonds. The van der Waals surface area contributed by atoms with E-state index in [2.05, 4.69) is 0 Å². The third-order valence-corrected chi connectivity index (χ3v) is 3.21. The molecule has 0 saturated carbocycles. The van der Waals surface area contributed by atoms with E-state index in [0.29, 0.717) is 10.8 Å². The van der Waals surface area contributed by atoms with Crippen LogP contribution in [0, 0.1) is 10.1 Å². The lowest BCUT2D eigenvalue weighted by Crippen LogP contribution is -2.08. The molecule has 2 N–H and O–H groups in total. The third-order valence-electron chi connectivity index (χ3n) is 2.98. The zero-order chi connectivity index (χ0) is 15.4. The molecule has 5 nitrogen and oxygen atoms in total. The first-order valence-electron chi connectivity index (χ1n) is 6.38. The molecule has 21 heavy (non-hydrogen) atoms. The Morgan fingerprint density at radius 2 is 2.10 bits per heavy atom. The van der Waals surface area contributed by atoms with E-state index in [0.717, 1.165) is 11.1 Å². The normalized spacial score (nSPS) is 12.0. The van der Waals surface area contributed by atoms with Crippen LogP contribution in [0.4, 0.5) is 5.69 Å². The summed E-state index contributed by atoms with van der Waals surface area (Å²) in [4.78, 5) is 10.3. The summed E-state index contributed by atoms with van der Waals surface area (Å²) >= 11 is 5.95. The zero-order valence-corrected chi connectivity index (χ0v) is 12.2. The minimum absolute atomic E-state index is 0.0413. The molecule has 0 spiro atoms. The second-order valence-corrected chi connectivity index (χ2v) is 5.12. The summed E-state index contributed by atoms with van der Waals surface area (Å²) in [7, 11) is 0. The monoisotopic (exact) mass is 306 g/mol. The Hall–Kier alpha value is -2.11. The molecular weight excluding hydrogens is 292 g/mol. The molecule has 0 aromatic heterocycles. The maximum absolute atomic E-state index is 10.7. The topological polar surface area (TPSA) is 78.4 Å². The van der Waals surface area contributed by atoms with E-state index in [-0.39, 0.29) is 18.3 Å². The minimum Gasteiger partial charge on any atom is -0.489 e. The maximum atomic E-state index is 10.7. The standard InChI is InChI=1S/C15H15ClN2O3/c1-10(17)14-8-12(16)5-6-15(14)21-9-11-3-2-4-13(7-11)18(19)20/h2-8,10H,9,17H2,1H3/t10-/m0/s1.